The lowest BCUT2D eigenvalue weighted by molar-refractivity contribution is 0.102. The van der Waals surface area contributed by atoms with Crippen LogP contribution in [0, 0.1) is 5.92 Å². The Labute approximate surface area is 156 Å². The van der Waals surface area contributed by atoms with Gasteiger partial charge in [-0.1, -0.05) is 26.0 Å². The molecule has 3 rings (SSSR count). The Hall–Kier alpha value is -2.49. The quantitative estimate of drug-likeness (QED) is 0.798. The molecule has 2 aromatic carbocycles. The van der Waals surface area contributed by atoms with Gasteiger partial charge in [0.25, 0.3) is 5.91 Å². The Morgan fingerprint density at radius 1 is 1.12 bits per heavy atom. The van der Waals surface area contributed by atoms with Crippen molar-refractivity contribution in [1.82, 2.24) is 0 Å². The summed E-state index contributed by atoms with van der Waals surface area (Å²) >= 11 is 0. The van der Waals surface area contributed by atoms with E-state index in [1.807, 2.05) is 42.5 Å². The van der Waals surface area contributed by atoms with Crippen LogP contribution in [0.25, 0.3) is 0 Å². The number of amides is 1. The third-order valence-corrected chi connectivity index (χ3v) is 4.87. The fourth-order valence-corrected chi connectivity index (χ4v) is 3.22. The predicted molar refractivity (Wildman–Crippen MR) is 107 cm³/mol. The molecule has 1 aliphatic rings. The van der Waals surface area contributed by atoms with Gasteiger partial charge in [-0.25, -0.2) is 0 Å². The van der Waals surface area contributed by atoms with Crippen LogP contribution in [0.5, 0.6) is 5.75 Å². The number of para-hydroxylation sites is 2. The summed E-state index contributed by atoms with van der Waals surface area (Å²) in [7, 11) is 0. The maximum Gasteiger partial charge on any atom is 0.255 e. The maximum atomic E-state index is 12.7. The number of anilines is 2. The Bertz CT molecular complexity index is 719. The first-order chi connectivity index (χ1) is 12.7. The van der Waals surface area contributed by atoms with Crippen LogP contribution in [-0.2, 0) is 0 Å². The van der Waals surface area contributed by atoms with Gasteiger partial charge in [0.15, 0.2) is 0 Å². The zero-order chi connectivity index (χ0) is 18.4. The number of rotatable bonds is 6. The fraction of sp³-hybridized carbons (Fsp3) is 0.409. The highest BCUT2D eigenvalue weighted by Crippen LogP contribution is 2.30. The molecule has 0 bridgehead atoms. The number of piperidine rings is 1. The van der Waals surface area contributed by atoms with E-state index in [9.17, 15) is 4.79 Å². The van der Waals surface area contributed by atoms with Crippen LogP contribution in [-0.4, -0.2) is 25.6 Å². The summed E-state index contributed by atoms with van der Waals surface area (Å²) in [5.74, 6) is 1.48. The minimum absolute atomic E-state index is 0.0927. The lowest BCUT2D eigenvalue weighted by Gasteiger charge is -2.33. The molecule has 1 fully saturated rings. The number of hydrogen-bond donors (Lipinski definition) is 1. The van der Waals surface area contributed by atoms with E-state index in [2.05, 4.69) is 30.1 Å². The Kier molecular flexibility index (Phi) is 6.16. The molecule has 0 spiro atoms. The lowest BCUT2D eigenvalue weighted by atomic mass is 9.98. The Morgan fingerprint density at radius 2 is 1.81 bits per heavy atom. The highest BCUT2D eigenvalue weighted by Gasteiger charge is 2.19. The molecule has 1 N–H and O–H groups in total. The van der Waals surface area contributed by atoms with Crippen molar-refractivity contribution >= 4 is 17.3 Å². The van der Waals surface area contributed by atoms with E-state index < -0.39 is 0 Å². The van der Waals surface area contributed by atoms with E-state index in [-0.39, 0.29) is 5.91 Å². The van der Waals surface area contributed by atoms with E-state index >= 15 is 0 Å². The second-order valence-electron chi connectivity index (χ2n) is 7.01. The first-order valence-electron chi connectivity index (χ1n) is 9.55. The summed E-state index contributed by atoms with van der Waals surface area (Å²) in [5, 5.41) is 3.08. The van der Waals surface area contributed by atoms with Gasteiger partial charge in [0.1, 0.15) is 5.75 Å². The van der Waals surface area contributed by atoms with E-state index in [0.717, 1.165) is 42.6 Å². The summed E-state index contributed by atoms with van der Waals surface area (Å²) < 4.78 is 5.58. The Morgan fingerprint density at radius 3 is 2.50 bits per heavy atom. The molecule has 0 unspecified atom stereocenters. The Balaban J connectivity index is 1.69. The number of ether oxygens (including phenoxy) is 1. The van der Waals surface area contributed by atoms with Crippen LogP contribution < -0.4 is 15.0 Å². The van der Waals surface area contributed by atoms with Crippen LogP contribution in [0.4, 0.5) is 11.4 Å². The van der Waals surface area contributed by atoms with Gasteiger partial charge < -0.3 is 15.0 Å². The lowest BCUT2D eigenvalue weighted by Crippen LogP contribution is -2.33. The minimum Gasteiger partial charge on any atom is -0.494 e. The van der Waals surface area contributed by atoms with E-state index in [0.29, 0.717) is 12.2 Å². The third kappa shape index (κ3) is 4.57. The molecule has 4 nitrogen and oxygen atoms in total. The largest absolute Gasteiger partial charge is 0.494 e. The maximum absolute atomic E-state index is 12.7. The monoisotopic (exact) mass is 352 g/mol. The standard InChI is InChI=1S/C22H28N2O2/c1-3-16-26-19-10-8-18(9-11-19)22(25)23-20-6-4-5-7-21(20)24-14-12-17(2)13-15-24/h4-11,17H,3,12-16H2,1-2H3,(H,23,25). The number of benzene rings is 2. The van der Waals surface area contributed by atoms with E-state index in [1.165, 1.54) is 12.8 Å². The molecule has 2 aromatic rings. The molecule has 1 saturated heterocycles. The van der Waals surface area contributed by atoms with Crippen LogP contribution >= 0.6 is 0 Å². The summed E-state index contributed by atoms with van der Waals surface area (Å²) in [4.78, 5) is 15.0. The molecule has 0 atom stereocenters. The predicted octanol–water partition coefficient (Wildman–Crippen LogP) is 4.96. The number of carbonyl (C=O) groups excluding carboxylic acids is 1. The molecule has 1 heterocycles. The summed E-state index contributed by atoms with van der Waals surface area (Å²) in [6.07, 6.45) is 3.36. The van der Waals surface area contributed by atoms with Crippen molar-refractivity contribution < 1.29 is 9.53 Å². The van der Waals surface area contributed by atoms with Crippen molar-refractivity contribution in [3.05, 3.63) is 54.1 Å². The highest BCUT2D eigenvalue weighted by molar-refractivity contribution is 6.06. The smallest absolute Gasteiger partial charge is 0.255 e. The molecule has 0 aliphatic carbocycles. The van der Waals surface area contributed by atoms with Crippen molar-refractivity contribution in [3.63, 3.8) is 0 Å². The van der Waals surface area contributed by atoms with Gasteiger partial charge in [0.2, 0.25) is 0 Å². The molecule has 0 radical (unpaired) electrons. The molecule has 1 amide bonds. The van der Waals surface area contributed by atoms with Gasteiger partial charge in [-0.15, -0.1) is 0 Å². The molecule has 138 valence electrons. The third-order valence-electron chi connectivity index (χ3n) is 4.87. The zero-order valence-corrected chi connectivity index (χ0v) is 15.7. The fourth-order valence-electron chi connectivity index (χ4n) is 3.22. The van der Waals surface area contributed by atoms with Crippen molar-refractivity contribution in [3.8, 4) is 5.75 Å². The number of hydrogen-bond acceptors (Lipinski definition) is 3. The number of nitrogens with one attached hydrogen (secondary N) is 1. The van der Waals surface area contributed by atoms with Crippen molar-refractivity contribution in [2.24, 2.45) is 5.92 Å². The number of nitrogens with zero attached hydrogens (tertiary/aromatic N) is 1. The van der Waals surface area contributed by atoms with Gasteiger partial charge >= 0.3 is 0 Å². The molecule has 4 heteroatoms. The zero-order valence-electron chi connectivity index (χ0n) is 15.7. The van der Waals surface area contributed by atoms with E-state index in [4.69, 9.17) is 4.74 Å². The molecule has 1 aliphatic heterocycles. The molecular weight excluding hydrogens is 324 g/mol. The second-order valence-corrected chi connectivity index (χ2v) is 7.01. The summed E-state index contributed by atoms with van der Waals surface area (Å²) in [6, 6.07) is 15.4. The average Bonchev–Trinajstić information content (AvgIpc) is 2.68. The second kappa shape index (κ2) is 8.75. The summed E-state index contributed by atoms with van der Waals surface area (Å²) in [6.45, 7) is 7.14. The number of carbonyl (C=O) groups is 1. The normalized spacial score (nSPS) is 14.9. The van der Waals surface area contributed by atoms with Gasteiger partial charge in [0, 0.05) is 18.7 Å². The molecular formula is C22H28N2O2. The van der Waals surface area contributed by atoms with Gasteiger partial charge in [-0.05, 0) is 61.6 Å². The van der Waals surface area contributed by atoms with Gasteiger partial charge in [-0.2, -0.15) is 0 Å². The van der Waals surface area contributed by atoms with Crippen molar-refractivity contribution in [1.29, 1.82) is 0 Å². The van der Waals surface area contributed by atoms with Gasteiger partial charge in [-0.3, -0.25) is 4.79 Å². The van der Waals surface area contributed by atoms with Crippen LogP contribution in [0.1, 0.15) is 43.5 Å². The van der Waals surface area contributed by atoms with Gasteiger partial charge in [0.05, 0.1) is 18.0 Å². The van der Waals surface area contributed by atoms with Crippen LogP contribution in [0.2, 0.25) is 0 Å². The SMILES string of the molecule is CCCOc1ccc(C(=O)Nc2ccccc2N2CCC(C)CC2)cc1. The first kappa shape index (κ1) is 18.3. The molecule has 0 saturated carbocycles. The van der Waals surface area contributed by atoms with Crippen LogP contribution in [0.3, 0.4) is 0 Å². The average molecular weight is 352 g/mol. The first-order valence-corrected chi connectivity index (χ1v) is 9.55. The summed E-state index contributed by atoms with van der Waals surface area (Å²) in [5.41, 5.74) is 2.62. The molecule has 0 aromatic heterocycles. The minimum atomic E-state index is -0.0927. The van der Waals surface area contributed by atoms with Crippen molar-refractivity contribution in [2.45, 2.75) is 33.1 Å². The molecule has 26 heavy (non-hydrogen) atoms. The van der Waals surface area contributed by atoms with Crippen LogP contribution in [0.15, 0.2) is 48.5 Å². The van der Waals surface area contributed by atoms with E-state index in [1.54, 1.807) is 0 Å². The topological polar surface area (TPSA) is 41.6 Å². The highest BCUT2D eigenvalue weighted by atomic mass is 16.5. The van der Waals surface area contributed by atoms with Crippen molar-refractivity contribution in [2.75, 3.05) is 29.9 Å².